The minimum absolute atomic E-state index is 0.556. The molecule has 0 saturated carbocycles. The fourth-order valence-corrected chi connectivity index (χ4v) is 15.7. The van der Waals surface area contributed by atoms with Gasteiger partial charge >= 0.3 is 0 Å². The van der Waals surface area contributed by atoms with Gasteiger partial charge < -0.3 is 4.42 Å². The van der Waals surface area contributed by atoms with E-state index in [0.29, 0.717) is 17.5 Å². The summed E-state index contributed by atoms with van der Waals surface area (Å²) in [6.07, 6.45) is 0. The summed E-state index contributed by atoms with van der Waals surface area (Å²) in [6, 6.07) is 87.7. The van der Waals surface area contributed by atoms with Crippen LogP contribution in [0.25, 0.3) is 101 Å². The van der Waals surface area contributed by atoms with Gasteiger partial charge in [0.15, 0.2) is 25.5 Å². The summed E-state index contributed by atoms with van der Waals surface area (Å²) in [5.74, 6) is 1.77. The minimum atomic E-state index is -3.25. The summed E-state index contributed by atoms with van der Waals surface area (Å²) < 4.78 is 7.47. The Morgan fingerprint density at radius 1 is 0.304 bits per heavy atom. The summed E-state index contributed by atoms with van der Waals surface area (Å²) in [6.45, 7) is 2.19. The molecule has 324 valence electrons. The molecule has 0 aliphatic heterocycles. The summed E-state index contributed by atoms with van der Waals surface area (Å²) >= 11 is 0. The first-order valence-corrected chi connectivity index (χ1v) is 25.5. The molecule has 0 bridgehead atoms. The van der Waals surface area contributed by atoms with Crippen molar-refractivity contribution in [1.82, 2.24) is 15.0 Å². The van der Waals surface area contributed by atoms with Gasteiger partial charge in [-0.15, -0.1) is 0 Å². The number of aryl methyl sites for hydroxylation is 1. The number of nitrogens with zero attached hydrogens (tertiary/aromatic N) is 3. The number of fused-ring (bicyclic) bond motifs is 11. The average molecular weight is 898 g/mol. The highest BCUT2D eigenvalue weighted by molar-refractivity contribution is 7.20. The molecule has 12 aromatic rings. The number of para-hydroxylation sites is 2. The predicted octanol–water partition coefficient (Wildman–Crippen LogP) is 13.4. The van der Waals surface area contributed by atoms with Crippen molar-refractivity contribution < 1.29 is 4.42 Å². The number of rotatable bonds is 7. The van der Waals surface area contributed by atoms with E-state index in [1.807, 2.05) is 60.7 Å². The Kier molecular flexibility index (Phi) is 9.70. The molecular weight excluding hydrogens is 855 g/mol. The Hall–Kier alpha value is -8.77. The molecule has 0 spiro atoms. The lowest BCUT2D eigenvalue weighted by molar-refractivity contribution is 0.672. The second-order valence-electron chi connectivity index (χ2n) is 17.9. The summed E-state index contributed by atoms with van der Waals surface area (Å²) in [5, 5.41) is 7.03. The lowest BCUT2D eigenvalue weighted by atomic mass is 9.80. The van der Waals surface area contributed by atoms with Crippen molar-refractivity contribution in [2.24, 2.45) is 0 Å². The van der Waals surface area contributed by atoms with Crippen LogP contribution < -0.4 is 20.7 Å². The standard InChI is InChI=1S/C64H43N3OSi/c1-42-36-38-52-48-28-14-15-29-49(48)53-39-37-47(41-58(53)51-31-17-16-30-50(51)57(52)40-42)69(45-24-10-4-11-25-45,46-26-12-5-13-27-46)59-35-19-33-55-54-32-18-34-56(60(54)68-61(55)59)64-66-62(43-20-6-2-7-21-43)65-63(67-64)44-22-8-3-9-23-44/h2-41H,1H3. The van der Waals surface area contributed by atoms with Gasteiger partial charge in [0.25, 0.3) is 0 Å². The van der Waals surface area contributed by atoms with E-state index in [1.165, 1.54) is 70.8 Å². The van der Waals surface area contributed by atoms with E-state index in [1.54, 1.807) is 0 Å². The third-order valence-corrected chi connectivity index (χ3v) is 18.7. The van der Waals surface area contributed by atoms with Gasteiger partial charge in [-0.3, -0.25) is 0 Å². The molecule has 1 aliphatic rings. The van der Waals surface area contributed by atoms with Crippen LogP contribution in [-0.2, 0) is 0 Å². The fraction of sp³-hybridized carbons (Fsp3) is 0.0156. The Morgan fingerprint density at radius 2 is 0.725 bits per heavy atom. The Bertz CT molecular complexity index is 3810. The number of hydrogen-bond acceptors (Lipinski definition) is 4. The quantitative estimate of drug-likeness (QED) is 0.118. The van der Waals surface area contributed by atoms with Crippen LogP contribution in [-0.4, -0.2) is 23.0 Å². The van der Waals surface area contributed by atoms with E-state index in [4.69, 9.17) is 19.4 Å². The first-order chi connectivity index (χ1) is 34.1. The van der Waals surface area contributed by atoms with Crippen molar-refractivity contribution in [3.63, 3.8) is 0 Å². The normalized spacial score (nSPS) is 11.8. The molecule has 2 aromatic heterocycles. The van der Waals surface area contributed by atoms with Crippen molar-refractivity contribution in [1.29, 1.82) is 0 Å². The Morgan fingerprint density at radius 3 is 1.29 bits per heavy atom. The van der Waals surface area contributed by atoms with Crippen LogP contribution >= 0.6 is 0 Å². The van der Waals surface area contributed by atoms with Gasteiger partial charge in [-0.05, 0) is 78.2 Å². The number of furan rings is 1. The zero-order chi connectivity index (χ0) is 45.9. The SMILES string of the molecule is Cc1ccc2c(c1)-c1ccccc1-c1cc([Si](c3ccccc3)(c3ccccc3)c3cccc4c3oc3c(-c5nc(-c6ccccc6)nc(-c6ccccc6)n5)cccc34)ccc1-c1ccccc1-2. The molecule has 10 aromatic carbocycles. The topological polar surface area (TPSA) is 51.8 Å². The smallest absolute Gasteiger partial charge is 0.184 e. The maximum absolute atomic E-state index is 7.47. The van der Waals surface area contributed by atoms with Crippen molar-refractivity contribution in [2.75, 3.05) is 0 Å². The minimum Gasteiger partial charge on any atom is -0.455 e. The van der Waals surface area contributed by atoms with Crippen LogP contribution in [0.2, 0.25) is 0 Å². The van der Waals surface area contributed by atoms with E-state index in [-0.39, 0.29) is 0 Å². The molecule has 5 heteroatoms. The average Bonchev–Trinajstić information content (AvgIpc) is 3.81. The van der Waals surface area contributed by atoms with Gasteiger partial charge in [0.05, 0.1) is 5.56 Å². The molecule has 13 rings (SSSR count). The first-order valence-electron chi connectivity index (χ1n) is 23.5. The summed E-state index contributed by atoms with van der Waals surface area (Å²) in [4.78, 5) is 15.3. The maximum Gasteiger partial charge on any atom is 0.184 e. The zero-order valence-electron chi connectivity index (χ0n) is 37.8. The highest BCUT2D eigenvalue weighted by Gasteiger charge is 2.44. The Balaban J connectivity index is 1.10. The molecular formula is C64H43N3OSi. The van der Waals surface area contributed by atoms with Crippen molar-refractivity contribution in [3.05, 3.63) is 248 Å². The van der Waals surface area contributed by atoms with Gasteiger partial charge in [-0.1, -0.05) is 242 Å². The predicted molar refractivity (Wildman–Crippen MR) is 287 cm³/mol. The molecule has 4 nitrogen and oxygen atoms in total. The number of benzene rings is 10. The number of aromatic nitrogens is 3. The van der Waals surface area contributed by atoms with Crippen LogP contribution in [0.5, 0.6) is 0 Å². The Labute approximate surface area is 402 Å². The summed E-state index contributed by atoms with van der Waals surface area (Å²) in [7, 11) is -3.25. The highest BCUT2D eigenvalue weighted by atomic mass is 28.3. The molecule has 0 N–H and O–H groups in total. The fourth-order valence-electron chi connectivity index (χ4n) is 10.8. The number of hydrogen-bond donors (Lipinski definition) is 0. The third kappa shape index (κ3) is 6.62. The van der Waals surface area contributed by atoms with Crippen LogP contribution in [0, 0.1) is 6.92 Å². The van der Waals surface area contributed by atoms with E-state index in [9.17, 15) is 0 Å². The van der Waals surface area contributed by atoms with E-state index < -0.39 is 8.07 Å². The second kappa shape index (κ2) is 16.5. The monoisotopic (exact) mass is 897 g/mol. The molecule has 2 heterocycles. The molecule has 0 fully saturated rings. The zero-order valence-corrected chi connectivity index (χ0v) is 38.8. The molecule has 0 amide bonds. The molecule has 69 heavy (non-hydrogen) atoms. The van der Waals surface area contributed by atoms with Gasteiger partial charge in [-0.2, -0.15) is 0 Å². The van der Waals surface area contributed by atoms with Crippen molar-refractivity contribution in [2.45, 2.75) is 6.92 Å². The van der Waals surface area contributed by atoms with Gasteiger partial charge in [-0.25, -0.2) is 15.0 Å². The van der Waals surface area contributed by atoms with Crippen LogP contribution in [0.1, 0.15) is 5.56 Å². The van der Waals surface area contributed by atoms with Crippen LogP contribution in [0.3, 0.4) is 0 Å². The van der Waals surface area contributed by atoms with E-state index in [0.717, 1.165) is 38.6 Å². The molecule has 0 unspecified atom stereocenters. The van der Waals surface area contributed by atoms with E-state index in [2.05, 4.69) is 189 Å². The molecule has 0 radical (unpaired) electrons. The lowest BCUT2D eigenvalue weighted by Gasteiger charge is -2.35. The first kappa shape index (κ1) is 40.5. The molecule has 0 atom stereocenters. The van der Waals surface area contributed by atoms with Crippen LogP contribution in [0.4, 0.5) is 0 Å². The van der Waals surface area contributed by atoms with Gasteiger partial charge in [0, 0.05) is 21.9 Å². The van der Waals surface area contributed by atoms with Gasteiger partial charge in [0.2, 0.25) is 0 Å². The largest absolute Gasteiger partial charge is 0.455 e. The molecule has 0 saturated heterocycles. The second-order valence-corrected chi connectivity index (χ2v) is 21.7. The highest BCUT2D eigenvalue weighted by Crippen LogP contribution is 2.48. The van der Waals surface area contributed by atoms with Crippen LogP contribution in [0.15, 0.2) is 247 Å². The third-order valence-electron chi connectivity index (χ3n) is 13.9. The van der Waals surface area contributed by atoms with Crippen molar-refractivity contribution >= 4 is 50.8 Å². The lowest BCUT2D eigenvalue weighted by Crippen LogP contribution is -2.74. The molecule has 1 aliphatic carbocycles. The van der Waals surface area contributed by atoms with Crippen molar-refractivity contribution in [3.8, 4) is 78.7 Å². The maximum atomic E-state index is 7.47. The van der Waals surface area contributed by atoms with Gasteiger partial charge in [0.1, 0.15) is 11.2 Å². The summed E-state index contributed by atoms with van der Waals surface area (Å²) in [5.41, 5.74) is 15.3. The van der Waals surface area contributed by atoms with E-state index >= 15 is 0 Å².